The molecule has 0 unspecified atom stereocenters. The number of halogens is 3. The van der Waals surface area contributed by atoms with Crippen molar-refractivity contribution in [1.82, 2.24) is 9.80 Å². The van der Waals surface area contributed by atoms with Crippen LogP contribution in [0.2, 0.25) is 0 Å². The van der Waals surface area contributed by atoms with Crippen molar-refractivity contribution in [3.8, 4) is 0 Å². The van der Waals surface area contributed by atoms with Gasteiger partial charge in [0.15, 0.2) is 0 Å². The molecule has 1 N–H and O–H groups in total. The van der Waals surface area contributed by atoms with E-state index in [4.69, 9.17) is 9.84 Å². The van der Waals surface area contributed by atoms with Gasteiger partial charge in [-0.05, 0) is 63.0 Å². The fourth-order valence-electron chi connectivity index (χ4n) is 3.38. The Labute approximate surface area is 218 Å². The summed E-state index contributed by atoms with van der Waals surface area (Å²) >= 11 is 1.64. The predicted molar refractivity (Wildman–Crippen MR) is 132 cm³/mol. The van der Waals surface area contributed by atoms with E-state index < -0.39 is 33.2 Å². The zero-order valence-electron chi connectivity index (χ0n) is 21.1. The summed E-state index contributed by atoms with van der Waals surface area (Å²) in [4.78, 5) is 25.3. The number of carbonyl (C=O) groups is 2. The lowest BCUT2D eigenvalue weighted by Crippen LogP contribution is -2.39. The highest BCUT2D eigenvalue weighted by atomic mass is 32.2. The molecule has 0 bridgehead atoms. The summed E-state index contributed by atoms with van der Waals surface area (Å²) in [5, 5.41) is 12.9. The van der Waals surface area contributed by atoms with Crippen LogP contribution >= 0.6 is 11.3 Å². The van der Waals surface area contributed by atoms with Crippen LogP contribution in [0.5, 0.6) is 0 Å². The maximum Gasteiger partial charge on any atom is 0.534 e. The first-order chi connectivity index (χ1) is 16.9. The molecule has 1 aromatic heterocycles. The summed E-state index contributed by atoms with van der Waals surface area (Å²) in [5.41, 5.74) is -3.98. The first-order valence-corrected chi connectivity index (χ1v) is 13.7. The van der Waals surface area contributed by atoms with Crippen LogP contribution in [0.15, 0.2) is 34.9 Å². The van der Waals surface area contributed by atoms with E-state index in [9.17, 15) is 31.2 Å². The standard InChI is InChI=1S/C15H21NO2S.C8H10F3NO5S/c1-11-5-6-13(12-7-8-19-10-12)16(9-11)14(17)18-15(2,3)4;1-5-2-3-6(12(4-5)7(13)14)17-18(15,16)8(9,10)11/h6-8,10-11H,5,9H2,1-4H3;3,5H,2,4H2,1H3,(H,13,14)/t11-;5-/m00/s1. The third-order valence-corrected chi connectivity index (χ3v) is 6.73. The molecule has 208 valence electrons. The van der Waals surface area contributed by atoms with Gasteiger partial charge in [0.1, 0.15) is 5.60 Å². The van der Waals surface area contributed by atoms with Crippen LogP contribution in [0, 0.1) is 11.8 Å². The van der Waals surface area contributed by atoms with E-state index >= 15 is 0 Å². The molecule has 0 spiro atoms. The quantitative estimate of drug-likeness (QED) is 0.347. The van der Waals surface area contributed by atoms with E-state index in [-0.39, 0.29) is 25.0 Å². The Morgan fingerprint density at radius 3 is 2.11 bits per heavy atom. The van der Waals surface area contributed by atoms with Crippen LogP contribution in [0.25, 0.3) is 5.70 Å². The van der Waals surface area contributed by atoms with Gasteiger partial charge in [-0.2, -0.15) is 32.9 Å². The molecule has 0 saturated heterocycles. The fourth-order valence-corrected chi connectivity index (χ4v) is 4.51. The van der Waals surface area contributed by atoms with Gasteiger partial charge in [-0.15, -0.1) is 0 Å². The number of nitrogens with zero attached hydrogens (tertiary/aromatic N) is 2. The average Bonchev–Trinajstić information content (AvgIpc) is 3.28. The number of thiophene rings is 1. The highest BCUT2D eigenvalue weighted by Gasteiger charge is 2.50. The van der Waals surface area contributed by atoms with Crippen LogP contribution in [0.4, 0.5) is 22.8 Å². The van der Waals surface area contributed by atoms with Gasteiger partial charge in [0.05, 0.1) is 5.70 Å². The number of hydrogen-bond acceptors (Lipinski definition) is 7. The second kappa shape index (κ2) is 11.8. The second-order valence-corrected chi connectivity index (χ2v) is 12.1. The van der Waals surface area contributed by atoms with Gasteiger partial charge < -0.3 is 14.0 Å². The molecule has 14 heteroatoms. The zero-order valence-corrected chi connectivity index (χ0v) is 22.7. The SMILES string of the molecule is C[C@H]1CC=C(OS(=O)(=O)C(F)(F)F)N(C(=O)O)C1.C[C@H]1CC=C(c2ccsc2)N(C(=O)OC(C)(C)C)C1. The lowest BCUT2D eigenvalue weighted by Gasteiger charge is -2.33. The molecular formula is C23H31F3N2O7S2. The van der Waals surface area contributed by atoms with E-state index in [0.29, 0.717) is 10.8 Å². The Hall–Kier alpha value is -2.74. The van der Waals surface area contributed by atoms with Gasteiger partial charge in [0.25, 0.3) is 0 Å². The molecule has 0 aliphatic carbocycles. The predicted octanol–water partition coefficient (Wildman–Crippen LogP) is 6.08. The van der Waals surface area contributed by atoms with E-state index in [2.05, 4.69) is 22.6 Å². The Bertz CT molecular complexity index is 1120. The molecule has 2 aliphatic heterocycles. The highest BCUT2D eigenvalue weighted by molar-refractivity contribution is 7.87. The van der Waals surface area contributed by atoms with Gasteiger partial charge in [0, 0.05) is 24.0 Å². The average molecular weight is 569 g/mol. The molecule has 1 aromatic rings. The van der Waals surface area contributed by atoms with Crippen molar-refractivity contribution in [2.24, 2.45) is 11.8 Å². The molecule has 3 rings (SSSR count). The number of rotatable bonds is 3. The fraction of sp³-hybridized carbons (Fsp3) is 0.565. The van der Waals surface area contributed by atoms with Gasteiger partial charge in [0.2, 0.25) is 5.88 Å². The second-order valence-electron chi connectivity index (χ2n) is 9.79. The van der Waals surface area contributed by atoms with Crippen molar-refractivity contribution in [3.05, 3.63) is 40.4 Å². The molecule has 0 saturated carbocycles. The minimum atomic E-state index is -5.85. The lowest BCUT2D eigenvalue weighted by molar-refractivity contribution is -0.0539. The molecule has 2 amide bonds. The van der Waals surface area contributed by atoms with Crippen molar-refractivity contribution < 1.29 is 45.2 Å². The number of allylic oxidation sites excluding steroid dienone is 2. The zero-order chi connectivity index (χ0) is 28.2. The molecule has 0 radical (unpaired) electrons. The summed E-state index contributed by atoms with van der Waals surface area (Å²) in [6.45, 7) is 10.1. The Kier molecular flexibility index (Phi) is 9.69. The van der Waals surface area contributed by atoms with Crippen molar-refractivity contribution in [2.45, 2.75) is 58.6 Å². The Morgan fingerprint density at radius 2 is 1.62 bits per heavy atom. The van der Waals surface area contributed by atoms with Crippen LogP contribution in [0.1, 0.15) is 53.0 Å². The normalized spacial score (nSPS) is 20.8. The Balaban J connectivity index is 0.000000261. The van der Waals surface area contributed by atoms with E-state index in [0.717, 1.165) is 30.3 Å². The third-order valence-electron chi connectivity index (χ3n) is 5.09. The van der Waals surface area contributed by atoms with Crippen LogP contribution in [-0.2, 0) is 19.0 Å². The number of amides is 2. The molecule has 0 aromatic carbocycles. The van der Waals surface area contributed by atoms with E-state index in [1.165, 1.54) is 0 Å². The molecule has 9 nitrogen and oxygen atoms in total. The largest absolute Gasteiger partial charge is 0.534 e. The van der Waals surface area contributed by atoms with Crippen molar-refractivity contribution in [2.75, 3.05) is 13.1 Å². The van der Waals surface area contributed by atoms with E-state index in [1.807, 2.05) is 32.2 Å². The molecule has 3 heterocycles. The maximum atomic E-state index is 12.3. The van der Waals surface area contributed by atoms with Gasteiger partial charge in [-0.3, -0.25) is 4.90 Å². The van der Waals surface area contributed by atoms with Crippen LogP contribution in [-0.4, -0.2) is 59.7 Å². The number of alkyl halides is 3. The highest BCUT2D eigenvalue weighted by Crippen LogP contribution is 2.31. The summed E-state index contributed by atoms with van der Waals surface area (Å²) in [5.74, 6) is -0.505. The van der Waals surface area contributed by atoms with Crippen molar-refractivity contribution in [1.29, 1.82) is 0 Å². The van der Waals surface area contributed by atoms with Gasteiger partial charge in [-0.1, -0.05) is 19.9 Å². The van der Waals surface area contributed by atoms with Crippen LogP contribution in [0.3, 0.4) is 0 Å². The summed E-state index contributed by atoms with van der Waals surface area (Å²) in [6, 6.07) is 2.05. The summed E-state index contributed by atoms with van der Waals surface area (Å²) in [6.07, 6.45) is 2.55. The smallest absolute Gasteiger partial charge is 0.465 e. The minimum absolute atomic E-state index is 0.130. The number of carbonyl (C=O) groups excluding carboxylic acids is 1. The van der Waals surface area contributed by atoms with Crippen molar-refractivity contribution >= 4 is 39.3 Å². The molecular weight excluding hydrogens is 537 g/mol. The third kappa shape index (κ3) is 8.66. The van der Waals surface area contributed by atoms with E-state index in [1.54, 1.807) is 23.2 Å². The molecule has 0 fully saturated rings. The van der Waals surface area contributed by atoms with Gasteiger partial charge >= 0.3 is 27.8 Å². The number of ether oxygens (including phenoxy) is 1. The molecule has 2 atom stereocenters. The summed E-state index contributed by atoms with van der Waals surface area (Å²) < 4.78 is 67.1. The first-order valence-electron chi connectivity index (χ1n) is 11.4. The van der Waals surface area contributed by atoms with Gasteiger partial charge in [-0.25, -0.2) is 14.5 Å². The number of hydrogen-bond donors (Lipinski definition) is 1. The Morgan fingerprint density at radius 1 is 1.05 bits per heavy atom. The first kappa shape index (κ1) is 30.5. The summed E-state index contributed by atoms with van der Waals surface area (Å²) in [7, 11) is -5.85. The molecule has 2 aliphatic rings. The molecule has 37 heavy (non-hydrogen) atoms. The van der Waals surface area contributed by atoms with Crippen LogP contribution < -0.4 is 0 Å². The maximum absolute atomic E-state index is 12.3. The monoisotopic (exact) mass is 568 g/mol. The van der Waals surface area contributed by atoms with Crippen molar-refractivity contribution in [3.63, 3.8) is 0 Å². The minimum Gasteiger partial charge on any atom is -0.465 e. The topological polar surface area (TPSA) is 113 Å². The number of carboxylic acid groups (broad SMARTS) is 1. The lowest BCUT2D eigenvalue weighted by atomic mass is 10.00.